The first-order valence-corrected chi connectivity index (χ1v) is 6.58. The van der Waals surface area contributed by atoms with E-state index in [4.69, 9.17) is 4.74 Å². The third-order valence-electron chi connectivity index (χ3n) is 3.33. The van der Waals surface area contributed by atoms with Crippen molar-refractivity contribution in [2.45, 2.75) is 39.8 Å². The minimum Gasteiger partial charge on any atom is -0.483 e. The topological polar surface area (TPSA) is 29.5 Å². The van der Waals surface area contributed by atoms with Crippen LogP contribution in [0.15, 0.2) is 24.3 Å². The van der Waals surface area contributed by atoms with E-state index in [-0.39, 0.29) is 18.6 Å². The van der Waals surface area contributed by atoms with Crippen molar-refractivity contribution in [3.05, 3.63) is 29.8 Å². The molecule has 0 bridgehead atoms. The second-order valence-electron chi connectivity index (χ2n) is 5.40. The zero-order chi connectivity index (χ0) is 13.1. The fourth-order valence-corrected chi connectivity index (χ4v) is 2.48. The van der Waals surface area contributed by atoms with Crippen molar-refractivity contribution in [3.8, 4) is 5.75 Å². The molecule has 0 radical (unpaired) electrons. The van der Waals surface area contributed by atoms with Gasteiger partial charge in [0, 0.05) is 18.2 Å². The van der Waals surface area contributed by atoms with Crippen molar-refractivity contribution in [1.29, 1.82) is 0 Å². The van der Waals surface area contributed by atoms with Crippen molar-refractivity contribution < 1.29 is 9.53 Å². The number of hydrogen-bond acceptors (Lipinski definition) is 2. The maximum atomic E-state index is 12.1. The molecule has 0 aliphatic carbocycles. The number of rotatable bonds is 3. The third kappa shape index (κ3) is 2.84. The SMILES string of the molecule is CC(C)C[C@H](C)N1Cc2ccccc2OCC1=O. The second-order valence-corrected chi connectivity index (χ2v) is 5.40. The van der Waals surface area contributed by atoms with Crippen molar-refractivity contribution in [2.75, 3.05) is 6.61 Å². The zero-order valence-corrected chi connectivity index (χ0v) is 11.3. The molecule has 1 amide bonds. The summed E-state index contributed by atoms with van der Waals surface area (Å²) in [5, 5.41) is 0. The van der Waals surface area contributed by atoms with Crippen LogP contribution in [0.4, 0.5) is 0 Å². The van der Waals surface area contributed by atoms with Gasteiger partial charge in [0.2, 0.25) is 0 Å². The van der Waals surface area contributed by atoms with Crippen LogP contribution in [0.3, 0.4) is 0 Å². The first kappa shape index (κ1) is 12.9. The van der Waals surface area contributed by atoms with Crippen LogP contribution in [-0.4, -0.2) is 23.5 Å². The zero-order valence-electron chi connectivity index (χ0n) is 11.3. The average molecular weight is 247 g/mol. The van der Waals surface area contributed by atoms with E-state index < -0.39 is 0 Å². The number of ether oxygens (including phenoxy) is 1. The quantitative estimate of drug-likeness (QED) is 0.822. The van der Waals surface area contributed by atoms with Crippen LogP contribution >= 0.6 is 0 Å². The highest BCUT2D eigenvalue weighted by atomic mass is 16.5. The third-order valence-corrected chi connectivity index (χ3v) is 3.33. The summed E-state index contributed by atoms with van der Waals surface area (Å²) in [4.78, 5) is 14.0. The van der Waals surface area contributed by atoms with Crippen molar-refractivity contribution in [3.63, 3.8) is 0 Å². The molecule has 18 heavy (non-hydrogen) atoms. The number of carbonyl (C=O) groups excluding carboxylic acids is 1. The van der Waals surface area contributed by atoms with Gasteiger partial charge >= 0.3 is 0 Å². The smallest absolute Gasteiger partial charge is 0.261 e. The van der Waals surface area contributed by atoms with Crippen LogP contribution in [0.5, 0.6) is 5.75 Å². The van der Waals surface area contributed by atoms with Gasteiger partial charge in [0.15, 0.2) is 6.61 Å². The first-order chi connectivity index (χ1) is 8.58. The summed E-state index contributed by atoms with van der Waals surface area (Å²) in [6, 6.07) is 8.15. The Hall–Kier alpha value is -1.51. The molecular weight excluding hydrogens is 226 g/mol. The second kappa shape index (κ2) is 5.42. The van der Waals surface area contributed by atoms with E-state index in [2.05, 4.69) is 20.8 Å². The van der Waals surface area contributed by atoms with E-state index in [9.17, 15) is 4.79 Å². The summed E-state index contributed by atoms with van der Waals surface area (Å²) >= 11 is 0. The lowest BCUT2D eigenvalue weighted by atomic mass is 10.0. The molecule has 1 aromatic rings. The maximum Gasteiger partial charge on any atom is 0.261 e. The van der Waals surface area contributed by atoms with Gasteiger partial charge in [-0.25, -0.2) is 0 Å². The van der Waals surface area contributed by atoms with Gasteiger partial charge in [-0.1, -0.05) is 32.0 Å². The van der Waals surface area contributed by atoms with Gasteiger partial charge in [-0.3, -0.25) is 4.79 Å². The average Bonchev–Trinajstić information content (AvgIpc) is 2.48. The van der Waals surface area contributed by atoms with E-state index in [1.165, 1.54) is 0 Å². The number of carbonyl (C=O) groups is 1. The van der Waals surface area contributed by atoms with E-state index in [1.807, 2.05) is 29.2 Å². The predicted octanol–water partition coefficient (Wildman–Crippen LogP) is 2.84. The molecule has 1 aliphatic rings. The lowest BCUT2D eigenvalue weighted by Gasteiger charge is -2.28. The Balaban J connectivity index is 2.18. The first-order valence-electron chi connectivity index (χ1n) is 6.58. The van der Waals surface area contributed by atoms with Crippen molar-refractivity contribution in [1.82, 2.24) is 4.90 Å². The van der Waals surface area contributed by atoms with Crippen molar-refractivity contribution >= 4 is 5.91 Å². The van der Waals surface area contributed by atoms with Crippen molar-refractivity contribution in [2.24, 2.45) is 5.92 Å². The summed E-state index contributed by atoms with van der Waals surface area (Å²) < 4.78 is 5.55. The molecule has 0 saturated heterocycles. The predicted molar refractivity (Wildman–Crippen MR) is 71.4 cm³/mol. The largest absolute Gasteiger partial charge is 0.483 e. The molecule has 3 heteroatoms. The lowest BCUT2D eigenvalue weighted by molar-refractivity contribution is -0.135. The summed E-state index contributed by atoms with van der Waals surface area (Å²) in [7, 11) is 0. The normalized spacial score (nSPS) is 17.1. The number of hydrogen-bond donors (Lipinski definition) is 0. The maximum absolute atomic E-state index is 12.1. The Labute approximate surface area is 109 Å². The van der Waals surface area contributed by atoms with Gasteiger partial charge in [0.25, 0.3) is 5.91 Å². The molecule has 1 aliphatic heterocycles. The van der Waals surface area contributed by atoms with E-state index in [0.717, 1.165) is 17.7 Å². The molecule has 98 valence electrons. The van der Waals surface area contributed by atoms with Gasteiger partial charge in [-0.05, 0) is 25.3 Å². The molecule has 1 aromatic carbocycles. The number of nitrogens with zero attached hydrogens (tertiary/aromatic N) is 1. The van der Waals surface area contributed by atoms with Gasteiger partial charge < -0.3 is 9.64 Å². The minimum atomic E-state index is 0.0827. The Morgan fingerprint density at radius 2 is 2.00 bits per heavy atom. The molecule has 0 saturated carbocycles. The number of benzene rings is 1. The van der Waals surface area contributed by atoms with Gasteiger partial charge in [-0.15, -0.1) is 0 Å². The van der Waals surface area contributed by atoms with Gasteiger partial charge in [0.05, 0.1) is 0 Å². The highest BCUT2D eigenvalue weighted by molar-refractivity contribution is 5.78. The van der Waals surface area contributed by atoms with Crippen LogP contribution in [0.2, 0.25) is 0 Å². The molecule has 0 unspecified atom stereocenters. The molecule has 0 fully saturated rings. The number of fused-ring (bicyclic) bond motifs is 1. The molecule has 2 rings (SSSR count). The van der Waals surface area contributed by atoms with Crippen LogP contribution in [0, 0.1) is 5.92 Å². The van der Waals surface area contributed by atoms with Crippen LogP contribution in [0.1, 0.15) is 32.8 Å². The number of para-hydroxylation sites is 1. The summed E-state index contributed by atoms with van der Waals surface area (Å²) in [5.74, 6) is 1.51. The van der Waals surface area contributed by atoms with Gasteiger partial charge in [-0.2, -0.15) is 0 Å². The standard InChI is InChI=1S/C15H21NO2/c1-11(2)8-12(3)16-9-13-6-4-5-7-14(13)18-10-15(16)17/h4-7,11-12H,8-10H2,1-3H3/t12-/m0/s1. The Morgan fingerprint density at radius 1 is 1.28 bits per heavy atom. The van der Waals surface area contributed by atoms with Crippen LogP contribution in [-0.2, 0) is 11.3 Å². The van der Waals surface area contributed by atoms with E-state index >= 15 is 0 Å². The molecule has 0 spiro atoms. The fraction of sp³-hybridized carbons (Fsp3) is 0.533. The molecule has 0 N–H and O–H groups in total. The summed E-state index contributed by atoms with van der Waals surface area (Å²) in [5.41, 5.74) is 1.10. The van der Waals surface area contributed by atoms with Gasteiger partial charge in [0.1, 0.15) is 5.75 Å². The summed E-state index contributed by atoms with van der Waals surface area (Å²) in [6.45, 7) is 7.29. The molecule has 0 aromatic heterocycles. The lowest BCUT2D eigenvalue weighted by Crippen LogP contribution is -2.40. The Morgan fingerprint density at radius 3 is 2.72 bits per heavy atom. The molecule has 1 atom stereocenters. The Kier molecular flexibility index (Phi) is 3.90. The fourth-order valence-electron chi connectivity index (χ4n) is 2.48. The molecule has 1 heterocycles. The minimum absolute atomic E-state index is 0.0827. The molecule has 3 nitrogen and oxygen atoms in total. The summed E-state index contributed by atoms with van der Waals surface area (Å²) in [6.07, 6.45) is 1.02. The van der Waals surface area contributed by atoms with Crippen LogP contribution < -0.4 is 4.74 Å². The monoisotopic (exact) mass is 247 g/mol. The number of amides is 1. The highest BCUT2D eigenvalue weighted by Crippen LogP contribution is 2.25. The Bertz CT molecular complexity index is 428. The van der Waals surface area contributed by atoms with E-state index in [0.29, 0.717) is 12.5 Å². The van der Waals surface area contributed by atoms with Crippen LogP contribution in [0.25, 0.3) is 0 Å². The highest BCUT2D eigenvalue weighted by Gasteiger charge is 2.25. The molecular formula is C15H21NO2. The van der Waals surface area contributed by atoms with E-state index in [1.54, 1.807) is 0 Å².